The number of nitriles is 2. The number of hydrogen-bond acceptors (Lipinski definition) is 8. The van der Waals surface area contributed by atoms with Crippen LogP contribution in [0, 0.1) is 22.7 Å². The van der Waals surface area contributed by atoms with Crippen LogP contribution < -0.4 is 15.2 Å². The van der Waals surface area contributed by atoms with Crippen molar-refractivity contribution in [2.45, 2.75) is 26.7 Å². The molecule has 0 radical (unpaired) electrons. The van der Waals surface area contributed by atoms with Gasteiger partial charge in [0.25, 0.3) is 0 Å². The quantitative estimate of drug-likeness (QED) is 0.611. The lowest BCUT2D eigenvalue weighted by molar-refractivity contribution is -0.139. The lowest BCUT2D eigenvalue weighted by Crippen LogP contribution is -2.25. The number of hydrogen-bond donors (Lipinski definition) is 1. The minimum Gasteiger partial charge on any atom is -0.490 e. The van der Waals surface area contributed by atoms with Crippen LogP contribution in [0.25, 0.3) is 0 Å². The summed E-state index contributed by atoms with van der Waals surface area (Å²) >= 11 is 3.42. The smallest absolute Gasteiger partial charge is 0.338 e. The molecule has 1 aliphatic heterocycles. The molecule has 0 spiro atoms. The van der Waals surface area contributed by atoms with Gasteiger partial charge >= 0.3 is 5.97 Å². The van der Waals surface area contributed by atoms with Crippen molar-refractivity contribution >= 4 is 21.9 Å². The van der Waals surface area contributed by atoms with E-state index >= 15 is 0 Å². The van der Waals surface area contributed by atoms with Gasteiger partial charge in [-0.2, -0.15) is 10.5 Å². The molecular formula is C20H20BrN3O5. The number of nitrogens with two attached hydrogens (primary N) is 1. The highest BCUT2D eigenvalue weighted by Gasteiger charge is 2.37. The van der Waals surface area contributed by atoms with Crippen LogP contribution >= 0.6 is 15.9 Å². The van der Waals surface area contributed by atoms with Gasteiger partial charge in [0.05, 0.1) is 29.2 Å². The molecule has 0 saturated heterocycles. The lowest BCUT2D eigenvalue weighted by atomic mass is 9.83. The standard InChI is InChI=1S/C20H20BrN3O5/c1-4-26-15-9-12(8-14(21)18(15)28-7-6-22)17-13(10-23)19(24)29-11(3)16(17)20(25)27-5-2/h8-9,17H,4-5,7,24H2,1-3H3. The molecule has 8 nitrogen and oxygen atoms in total. The zero-order valence-corrected chi connectivity index (χ0v) is 17.8. The summed E-state index contributed by atoms with van der Waals surface area (Å²) in [5, 5.41) is 18.5. The Kier molecular flexibility index (Phi) is 7.52. The molecular weight excluding hydrogens is 442 g/mol. The third-order valence-corrected chi connectivity index (χ3v) is 4.64. The Morgan fingerprint density at radius 3 is 2.59 bits per heavy atom. The summed E-state index contributed by atoms with van der Waals surface area (Å²) in [6.07, 6.45) is 0. The molecule has 1 aliphatic rings. The second-order valence-electron chi connectivity index (χ2n) is 5.82. The second-order valence-corrected chi connectivity index (χ2v) is 6.68. The monoisotopic (exact) mass is 461 g/mol. The molecule has 1 aromatic rings. The minimum atomic E-state index is -0.812. The SMILES string of the molecule is CCOC(=O)C1=C(C)OC(N)=C(C#N)C1c1cc(Br)c(OCC#N)c(OCC)c1. The largest absolute Gasteiger partial charge is 0.490 e. The molecule has 9 heteroatoms. The van der Waals surface area contributed by atoms with Crippen LogP contribution in [0.4, 0.5) is 0 Å². The molecule has 1 atom stereocenters. The van der Waals surface area contributed by atoms with Crippen molar-refractivity contribution in [2.75, 3.05) is 19.8 Å². The van der Waals surface area contributed by atoms with E-state index in [-0.39, 0.29) is 36.0 Å². The van der Waals surface area contributed by atoms with Gasteiger partial charge in [-0.05, 0) is 54.4 Å². The van der Waals surface area contributed by atoms with Crippen LogP contribution in [-0.2, 0) is 14.3 Å². The highest BCUT2D eigenvalue weighted by Crippen LogP contribution is 2.45. The van der Waals surface area contributed by atoms with Gasteiger partial charge in [0.1, 0.15) is 23.5 Å². The molecule has 0 amide bonds. The molecule has 0 saturated carbocycles. The minimum absolute atomic E-state index is 0.0815. The van der Waals surface area contributed by atoms with Crippen LogP contribution in [-0.4, -0.2) is 25.8 Å². The zero-order valence-electron chi connectivity index (χ0n) is 16.2. The Morgan fingerprint density at radius 1 is 1.28 bits per heavy atom. The summed E-state index contributed by atoms with van der Waals surface area (Å²) in [7, 11) is 0. The Bertz CT molecular complexity index is 956. The summed E-state index contributed by atoms with van der Waals surface area (Å²) in [5.74, 6) is -0.540. The van der Waals surface area contributed by atoms with Crippen molar-refractivity contribution in [3.8, 4) is 23.6 Å². The summed E-state index contributed by atoms with van der Waals surface area (Å²) in [5.41, 5.74) is 6.73. The third-order valence-electron chi connectivity index (χ3n) is 4.05. The Morgan fingerprint density at radius 2 is 2.00 bits per heavy atom. The Hall–Kier alpha value is -3.17. The van der Waals surface area contributed by atoms with Gasteiger partial charge in [0.15, 0.2) is 18.1 Å². The number of ether oxygens (including phenoxy) is 4. The van der Waals surface area contributed by atoms with Gasteiger partial charge in [-0.25, -0.2) is 4.79 Å². The third kappa shape index (κ3) is 4.64. The molecule has 1 aromatic carbocycles. The van der Waals surface area contributed by atoms with Gasteiger partial charge < -0.3 is 24.7 Å². The molecule has 2 rings (SSSR count). The van der Waals surface area contributed by atoms with Crippen LogP contribution in [0.5, 0.6) is 11.5 Å². The van der Waals surface area contributed by atoms with E-state index in [4.69, 9.17) is 29.9 Å². The second kappa shape index (κ2) is 9.85. The number of benzene rings is 1. The van der Waals surface area contributed by atoms with E-state index < -0.39 is 11.9 Å². The normalized spacial score (nSPS) is 15.9. The maximum atomic E-state index is 12.6. The van der Waals surface area contributed by atoms with E-state index in [1.807, 2.05) is 12.1 Å². The number of carbonyl (C=O) groups excluding carboxylic acids is 1. The average Bonchev–Trinajstić information content (AvgIpc) is 2.67. The van der Waals surface area contributed by atoms with E-state index in [2.05, 4.69) is 15.9 Å². The first-order chi connectivity index (χ1) is 13.9. The van der Waals surface area contributed by atoms with E-state index in [1.165, 1.54) is 0 Å². The van der Waals surface area contributed by atoms with Crippen molar-refractivity contribution in [2.24, 2.45) is 5.73 Å². The molecule has 0 aromatic heterocycles. The van der Waals surface area contributed by atoms with Crippen LogP contribution in [0.1, 0.15) is 32.3 Å². The highest BCUT2D eigenvalue weighted by molar-refractivity contribution is 9.10. The van der Waals surface area contributed by atoms with Crippen molar-refractivity contribution in [3.05, 3.63) is 45.0 Å². The molecule has 0 fully saturated rings. The summed E-state index contributed by atoms with van der Waals surface area (Å²) in [4.78, 5) is 12.6. The van der Waals surface area contributed by atoms with Gasteiger partial charge in [0, 0.05) is 0 Å². The van der Waals surface area contributed by atoms with Gasteiger partial charge in [-0.15, -0.1) is 0 Å². The van der Waals surface area contributed by atoms with Gasteiger partial charge in [0.2, 0.25) is 5.88 Å². The molecule has 29 heavy (non-hydrogen) atoms. The van der Waals surface area contributed by atoms with Crippen molar-refractivity contribution in [1.29, 1.82) is 10.5 Å². The molecule has 0 aliphatic carbocycles. The fraction of sp³-hybridized carbons (Fsp3) is 0.350. The average molecular weight is 462 g/mol. The first kappa shape index (κ1) is 22.1. The predicted octanol–water partition coefficient (Wildman–Crippen LogP) is 3.39. The highest BCUT2D eigenvalue weighted by atomic mass is 79.9. The molecule has 1 heterocycles. The van der Waals surface area contributed by atoms with E-state index in [0.29, 0.717) is 28.1 Å². The molecule has 2 N–H and O–H groups in total. The van der Waals surface area contributed by atoms with E-state index in [1.54, 1.807) is 32.9 Å². The van der Waals surface area contributed by atoms with Crippen LogP contribution in [0.3, 0.4) is 0 Å². The number of rotatable bonds is 7. The first-order valence-electron chi connectivity index (χ1n) is 8.80. The van der Waals surface area contributed by atoms with Crippen molar-refractivity contribution in [1.82, 2.24) is 0 Å². The number of nitrogens with zero attached hydrogens (tertiary/aromatic N) is 2. The molecule has 0 bridgehead atoms. The van der Waals surface area contributed by atoms with Gasteiger partial charge in [-0.1, -0.05) is 0 Å². The van der Waals surface area contributed by atoms with Crippen molar-refractivity contribution < 1.29 is 23.7 Å². The lowest BCUT2D eigenvalue weighted by Gasteiger charge is -2.27. The fourth-order valence-electron chi connectivity index (χ4n) is 2.95. The Balaban J connectivity index is 2.69. The van der Waals surface area contributed by atoms with E-state index in [0.717, 1.165) is 0 Å². The van der Waals surface area contributed by atoms with E-state index in [9.17, 15) is 10.1 Å². The Labute approximate surface area is 177 Å². The summed E-state index contributed by atoms with van der Waals surface area (Å²) in [6.45, 7) is 5.41. The topological polar surface area (TPSA) is 128 Å². The van der Waals surface area contributed by atoms with Crippen LogP contribution in [0.2, 0.25) is 0 Å². The number of carbonyl (C=O) groups is 1. The van der Waals surface area contributed by atoms with Gasteiger partial charge in [-0.3, -0.25) is 0 Å². The number of esters is 1. The zero-order chi connectivity index (χ0) is 21.6. The van der Waals surface area contributed by atoms with Crippen LogP contribution in [0.15, 0.2) is 39.4 Å². The predicted molar refractivity (Wildman–Crippen MR) is 106 cm³/mol. The fourth-order valence-corrected chi connectivity index (χ4v) is 3.52. The maximum Gasteiger partial charge on any atom is 0.338 e. The number of halogens is 1. The maximum absolute atomic E-state index is 12.6. The summed E-state index contributed by atoms with van der Waals surface area (Å²) in [6, 6.07) is 7.26. The molecule has 1 unspecified atom stereocenters. The first-order valence-corrected chi connectivity index (χ1v) is 9.60. The summed E-state index contributed by atoms with van der Waals surface area (Å²) < 4.78 is 22.2. The number of allylic oxidation sites excluding steroid dienone is 2. The van der Waals surface area contributed by atoms with Crippen molar-refractivity contribution in [3.63, 3.8) is 0 Å². The molecule has 152 valence electrons.